The summed E-state index contributed by atoms with van der Waals surface area (Å²) in [6.07, 6.45) is 1.12. The van der Waals surface area contributed by atoms with Crippen molar-refractivity contribution < 1.29 is 26.7 Å². The molecule has 0 aromatic heterocycles. The molecule has 0 amide bonds. The first kappa shape index (κ1) is 25.0. The maximum atomic E-state index is 15.1. The number of alkyl halides is 3. The molecule has 0 aliphatic carbocycles. The lowest BCUT2D eigenvalue weighted by Gasteiger charge is -2.09. The molecule has 0 atom stereocenters. The standard InChI is InChI=1S/C30H21F5O/c1-2-3-4-5-20-6-10-22(11-7-20)24-15-16-26-25(19-24)14-13-23(29(26)32)12-8-21-9-17-28(27(31)18-21)36-30(33,34)35/h2-3,6-7,9-11,13-19H,4-5H2,1H3/b3-2+. The number of hydrogen-bond donors (Lipinski definition) is 0. The van der Waals surface area contributed by atoms with Crippen molar-refractivity contribution in [3.05, 3.63) is 113 Å². The minimum absolute atomic E-state index is 0.0889. The van der Waals surface area contributed by atoms with Gasteiger partial charge in [0.1, 0.15) is 5.82 Å². The second-order valence-electron chi connectivity index (χ2n) is 8.11. The van der Waals surface area contributed by atoms with E-state index in [2.05, 4.69) is 34.8 Å². The number of ether oxygens (including phenoxy) is 1. The molecule has 0 saturated carbocycles. The molecule has 182 valence electrons. The molecule has 0 radical (unpaired) electrons. The Morgan fingerprint density at radius 3 is 2.28 bits per heavy atom. The summed E-state index contributed by atoms with van der Waals surface area (Å²) >= 11 is 0. The van der Waals surface area contributed by atoms with Crippen LogP contribution in [0.15, 0.2) is 84.9 Å². The Bertz CT molecular complexity index is 1470. The van der Waals surface area contributed by atoms with E-state index in [0.717, 1.165) is 36.1 Å². The molecule has 0 aliphatic heterocycles. The van der Waals surface area contributed by atoms with Crippen molar-refractivity contribution in [1.29, 1.82) is 0 Å². The van der Waals surface area contributed by atoms with Crippen LogP contribution < -0.4 is 4.74 Å². The molecule has 0 N–H and O–H groups in total. The first-order chi connectivity index (χ1) is 17.2. The van der Waals surface area contributed by atoms with Gasteiger partial charge >= 0.3 is 6.36 Å². The summed E-state index contributed by atoms with van der Waals surface area (Å²) in [4.78, 5) is 0. The van der Waals surface area contributed by atoms with Crippen LogP contribution in [0.3, 0.4) is 0 Å². The second-order valence-corrected chi connectivity index (χ2v) is 8.11. The number of aryl methyl sites for hydroxylation is 1. The van der Waals surface area contributed by atoms with Gasteiger partial charge in [0.15, 0.2) is 11.6 Å². The number of fused-ring (bicyclic) bond motifs is 1. The molecular formula is C30H21F5O. The van der Waals surface area contributed by atoms with Crippen molar-refractivity contribution in [3.63, 3.8) is 0 Å². The van der Waals surface area contributed by atoms with E-state index < -0.39 is 23.7 Å². The van der Waals surface area contributed by atoms with E-state index in [1.54, 1.807) is 12.1 Å². The predicted octanol–water partition coefficient (Wildman–Crippen LogP) is 8.59. The Labute approximate surface area is 205 Å². The Morgan fingerprint density at radius 2 is 1.58 bits per heavy atom. The minimum Gasteiger partial charge on any atom is -0.403 e. The van der Waals surface area contributed by atoms with Crippen LogP contribution in [-0.2, 0) is 6.42 Å². The summed E-state index contributed by atoms with van der Waals surface area (Å²) in [5, 5.41) is 1.08. The maximum Gasteiger partial charge on any atom is 0.573 e. The fraction of sp³-hybridized carbons (Fsp3) is 0.133. The predicted molar refractivity (Wildman–Crippen MR) is 132 cm³/mol. The highest BCUT2D eigenvalue weighted by atomic mass is 19.4. The monoisotopic (exact) mass is 492 g/mol. The number of benzene rings is 4. The van der Waals surface area contributed by atoms with Gasteiger partial charge in [0.25, 0.3) is 0 Å². The number of rotatable bonds is 5. The van der Waals surface area contributed by atoms with E-state index in [1.807, 2.05) is 37.3 Å². The molecule has 0 bridgehead atoms. The molecule has 4 aromatic carbocycles. The van der Waals surface area contributed by atoms with Crippen molar-refractivity contribution in [1.82, 2.24) is 0 Å². The van der Waals surface area contributed by atoms with Crippen molar-refractivity contribution >= 4 is 10.8 Å². The lowest BCUT2D eigenvalue weighted by atomic mass is 9.98. The van der Waals surface area contributed by atoms with Gasteiger partial charge in [0.2, 0.25) is 0 Å². The van der Waals surface area contributed by atoms with Crippen LogP contribution >= 0.6 is 0 Å². The van der Waals surface area contributed by atoms with Crippen molar-refractivity contribution in [2.75, 3.05) is 0 Å². The average molecular weight is 492 g/mol. The van der Waals surface area contributed by atoms with Crippen LogP contribution in [0.1, 0.15) is 30.0 Å². The van der Waals surface area contributed by atoms with Crippen LogP contribution in [0.2, 0.25) is 0 Å². The van der Waals surface area contributed by atoms with E-state index in [0.29, 0.717) is 10.8 Å². The normalized spacial score (nSPS) is 11.5. The lowest BCUT2D eigenvalue weighted by molar-refractivity contribution is -0.275. The number of hydrogen-bond acceptors (Lipinski definition) is 1. The van der Waals surface area contributed by atoms with E-state index in [-0.39, 0.29) is 11.1 Å². The van der Waals surface area contributed by atoms with Gasteiger partial charge in [-0.1, -0.05) is 66.5 Å². The van der Waals surface area contributed by atoms with E-state index in [1.165, 1.54) is 17.7 Å². The zero-order valence-electron chi connectivity index (χ0n) is 19.3. The summed E-state index contributed by atoms with van der Waals surface area (Å²) in [6, 6.07) is 19.8. The van der Waals surface area contributed by atoms with Crippen molar-refractivity contribution in [3.8, 4) is 28.7 Å². The summed E-state index contributed by atoms with van der Waals surface area (Å²) in [5.41, 5.74) is 3.41. The molecular weight excluding hydrogens is 471 g/mol. The van der Waals surface area contributed by atoms with Gasteiger partial charge in [-0.2, -0.15) is 0 Å². The smallest absolute Gasteiger partial charge is 0.403 e. The van der Waals surface area contributed by atoms with Gasteiger partial charge in [-0.25, -0.2) is 8.78 Å². The first-order valence-electron chi connectivity index (χ1n) is 11.2. The topological polar surface area (TPSA) is 9.23 Å². The molecule has 0 fully saturated rings. The SMILES string of the molecule is C/C=C/CCc1ccc(-c2ccc3c(F)c(C#Cc4ccc(OC(F)(F)F)c(F)c4)ccc3c2)cc1. The number of allylic oxidation sites excluding steroid dienone is 2. The van der Waals surface area contributed by atoms with Crippen LogP contribution in [0.5, 0.6) is 5.75 Å². The molecule has 0 heterocycles. The molecule has 0 spiro atoms. The summed E-state index contributed by atoms with van der Waals surface area (Å²) in [6.45, 7) is 2.00. The minimum atomic E-state index is -5.00. The molecule has 6 heteroatoms. The quantitative estimate of drug-likeness (QED) is 0.154. The van der Waals surface area contributed by atoms with Crippen LogP contribution in [0, 0.1) is 23.5 Å². The average Bonchev–Trinajstić information content (AvgIpc) is 2.85. The molecule has 0 unspecified atom stereocenters. The van der Waals surface area contributed by atoms with E-state index in [9.17, 15) is 17.6 Å². The molecule has 36 heavy (non-hydrogen) atoms. The third-order valence-electron chi connectivity index (χ3n) is 5.58. The zero-order valence-corrected chi connectivity index (χ0v) is 19.3. The van der Waals surface area contributed by atoms with Gasteiger partial charge in [0, 0.05) is 10.9 Å². The highest BCUT2D eigenvalue weighted by molar-refractivity contribution is 5.89. The van der Waals surface area contributed by atoms with Gasteiger partial charge < -0.3 is 4.74 Å². The summed E-state index contributed by atoms with van der Waals surface area (Å²) in [7, 11) is 0. The Balaban J connectivity index is 1.55. The van der Waals surface area contributed by atoms with Gasteiger partial charge in [0.05, 0.1) is 5.56 Å². The van der Waals surface area contributed by atoms with Crippen LogP contribution in [0.25, 0.3) is 21.9 Å². The summed E-state index contributed by atoms with van der Waals surface area (Å²) in [5.74, 6) is 2.53. The Morgan fingerprint density at radius 1 is 0.833 bits per heavy atom. The van der Waals surface area contributed by atoms with Crippen molar-refractivity contribution in [2.45, 2.75) is 26.1 Å². The van der Waals surface area contributed by atoms with Crippen molar-refractivity contribution in [2.24, 2.45) is 0 Å². The zero-order chi connectivity index (χ0) is 25.7. The Hall–Kier alpha value is -4.11. The molecule has 0 saturated heterocycles. The highest BCUT2D eigenvalue weighted by Crippen LogP contribution is 2.28. The lowest BCUT2D eigenvalue weighted by Crippen LogP contribution is -2.17. The second kappa shape index (κ2) is 10.7. The highest BCUT2D eigenvalue weighted by Gasteiger charge is 2.32. The molecule has 1 nitrogen and oxygen atoms in total. The van der Waals surface area contributed by atoms with E-state index >= 15 is 4.39 Å². The van der Waals surface area contributed by atoms with Crippen LogP contribution in [0.4, 0.5) is 22.0 Å². The van der Waals surface area contributed by atoms with Gasteiger partial charge in [-0.05, 0) is 72.2 Å². The van der Waals surface area contributed by atoms with Gasteiger partial charge in [-0.3, -0.25) is 0 Å². The maximum absolute atomic E-state index is 15.1. The largest absolute Gasteiger partial charge is 0.573 e. The third-order valence-corrected chi connectivity index (χ3v) is 5.58. The van der Waals surface area contributed by atoms with Gasteiger partial charge in [-0.15, -0.1) is 13.2 Å². The van der Waals surface area contributed by atoms with Crippen LogP contribution in [-0.4, -0.2) is 6.36 Å². The first-order valence-corrected chi connectivity index (χ1v) is 11.2. The fourth-order valence-electron chi connectivity index (χ4n) is 3.77. The third kappa shape index (κ3) is 6.11. The molecule has 4 rings (SSSR count). The van der Waals surface area contributed by atoms with E-state index in [4.69, 9.17) is 0 Å². The number of halogens is 5. The molecule has 0 aliphatic rings. The Kier molecular flexibility index (Phi) is 7.40. The molecule has 4 aromatic rings. The fourth-order valence-corrected chi connectivity index (χ4v) is 3.77. The summed E-state index contributed by atoms with van der Waals surface area (Å²) < 4.78 is 69.5.